The molecule has 0 aromatic heterocycles. The number of hydrogen-bond donors (Lipinski definition) is 0. The summed E-state index contributed by atoms with van der Waals surface area (Å²) in [6.45, 7) is 7.11. The van der Waals surface area contributed by atoms with Gasteiger partial charge < -0.3 is 19.3 Å². The minimum absolute atomic E-state index is 0.0671. The predicted molar refractivity (Wildman–Crippen MR) is 116 cm³/mol. The van der Waals surface area contributed by atoms with Crippen LogP contribution in [0.15, 0.2) is 48.5 Å². The molecule has 1 saturated heterocycles. The Morgan fingerprint density at radius 1 is 1.00 bits per heavy atom. The molecule has 2 aromatic carbocycles. The van der Waals surface area contributed by atoms with E-state index < -0.39 is 0 Å². The number of nitrogens with zero attached hydrogens (tertiary/aromatic N) is 2. The van der Waals surface area contributed by atoms with Crippen molar-refractivity contribution in [3.63, 3.8) is 0 Å². The van der Waals surface area contributed by atoms with Crippen LogP contribution in [0.1, 0.15) is 35.7 Å². The van der Waals surface area contributed by atoms with Crippen molar-refractivity contribution in [3.05, 3.63) is 59.7 Å². The summed E-state index contributed by atoms with van der Waals surface area (Å²) in [7, 11) is 1.60. The lowest BCUT2D eigenvalue weighted by atomic mass is 10.1. The molecule has 0 bridgehead atoms. The summed E-state index contributed by atoms with van der Waals surface area (Å²) >= 11 is 0. The van der Waals surface area contributed by atoms with Gasteiger partial charge in [0.25, 0.3) is 5.91 Å². The summed E-state index contributed by atoms with van der Waals surface area (Å²) in [4.78, 5) is 17.5. The number of carbonyl (C=O) groups is 1. The van der Waals surface area contributed by atoms with Crippen LogP contribution in [0.25, 0.3) is 0 Å². The van der Waals surface area contributed by atoms with Crippen LogP contribution < -0.4 is 9.47 Å². The van der Waals surface area contributed by atoms with Crippen molar-refractivity contribution in [1.29, 1.82) is 0 Å². The molecule has 0 unspecified atom stereocenters. The van der Waals surface area contributed by atoms with Gasteiger partial charge in [-0.2, -0.15) is 0 Å². The molecule has 5 heteroatoms. The van der Waals surface area contributed by atoms with Gasteiger partial charge in [0.05, 0.1) is 13.7 Å². The van der Waals surface area contributed by atoms with Gasteiger partial charge in [0.15, 0.2) is 11.5 Å². The molecule has 156 valence electrons. The maximum atomic E-state index is 13.0. The van der Waals surface area contributed by atoms with Crippen molar-refractivity contribution in [1.82, 2.24) is 9.80 Å². The summed E-state index contributed by atoms with van der Waals surface area (Å²) in [6, 6.07) is 16.1. The molecule has 0 saturated carbocycles. The summed E-state index contributed by atoms with van der Waals surface area (Å²) in [5.74, 6) is 1.35. The van der Waals surface area contributed by atoms with Gasteiger partial charge >= 0.3 is 0 Å². The van der Waals surface area contributed by atoms with Gasteiger partial charge in [0.2, 0.25) is 0 Å². The van der Waals surface area contributed by atoms with Crippen molar-refractivity contribution >= 4 is 5.91 Å². The number of rotatable bonds is 8. The first-order chi connectivity index (χ1) is 14.2. The van der Waals surface area contributed by atoms with Gasteiger partial charge in [0, 0.05) is 25.2 Å². The van der Waals surface area contributed by atoms with E-state index in [-0.39, 0.29) is 5.91 Å². The fraction of sp³-hybridized carbons (Fsp3) is 0.458. The zero-order chi connectivity index (χ0) is 20.5. The molecule has 3 rings (SSSR count). The van der Waals surface area contributed by atoms with Crippen LogP contribution in [0, 0.1) is 0 Å². The molecule has 29 heavy (non-hydrogen) atoms. The Hall–Kier alpha value is -2.53. The second-order valence-corrected chi connectivity index (χ2v) is 7.38. The van der Waals surface area contributed by atoms with Crippen molar-refractivity contribution in [2.24, 2.45) is 0 Å². The molecule has 5 nitrogen and oxygen atoms in total. The SMILES string of the molecule is CCOc1ccc(C(=O)N2CCCN(CCCc3ccccc3)CC2)cc1OC. The minimum Gasteiger partial charge on any atom is -0.493 e. The van der Waals surface area contributed by atoms with Crippen molar-refractivity contribution in [3.8, 4) is 11.5 Å². The number of methoxy groups -OCH3 is 1. The molecule has 0 spiro atoms. The highest BCUT2D eigenvalue weighted by atomic mass is 16.5. The normalized spacial score (nSPS) is 15.0. The van der Waals surface area contributed by atoms with Crippen LogP contribution in [-0.4, -0.2) is 62.1 Å². The summed E-state index contributed by atoms with van der Waals surface area (Å²) in [6.07, 6.45) is 3.26. The van der Waals surface area contributed by atoms with Gasteiger partial charge in [-0.1, -0.05) is 30.3 Å². The van der Waals surface area contributed by atoms with Gasteiger partial charge in [-0.25, -0.2) is 0 Å². The molecular formula is C24H32N2O3. The molecular weight excluding hydrogens is 364 g/mol. The molecule has 1 fully saturated rings. The summed E-state index contributed by atoms with van der Waals surface area (Å²) in [5, 5.41) is 0. The smallest absolute Gasteiger partial charge is 0.254 e. The Labute approximate surface area is 174 Å². The van der Waals surface area contributed by atoms with E-state index in [1.165, 1.54) is 5.56 Å². The number of hydrogen-bond acceptors (Lipinski definition) is 4. The second-order valence-electron chi connectivity index (χ2n) is 7.38. The van der Waals surface area contributed by atoms with Crippen LogP contribution >= 0.6 is 0 Å². The van der Waals surface area contributed by atoms with E-state index in [0.29, 0.717) is 23.7 Å². The average molecular weight is 397 g/mol. The average Bonchev–Trinajstić information content (AvgIpc) is 3.00. The number of carbonyl (C=O) groups excluding carboxylic acids is 1. The Morgan fingerprint density at radius 2 is 1.83 bits per heavy atom. The number of aryl methyl sites for hydroxylation is 1. The highest BCUT2D eigenvalue weighted by molar-refractivity contribution is 5.95. The molecule has 2 aromatic rings. The fourth-order valence-electron chi connectivity index (χ4n) is 3.81. The van der Waals surface area contributed by atoms with Crippen LogP contribution in [0.4, 0.5) is 0 Å². The number of ether oxygens (including phenoxy) is 2. The van der Waals surface area contributed by atoms with E-state index in [4.69, 9.17) is 9.47 Å². The number of amides is 1. The fourth-order valence-corrected chi connectivity index (χ4v) is 3.81. The first-order valence-electron chi connectivity index (χ1n) is 10.6. The Balaban J connectivity index is 1.52. The third kappa shape index (κ3) is 5.97. The number of benzene rings is 2. The van der Waals surface area contributed by atoms with Crippen LogP contribution in [0.2, 0.25) is 0 Å². The Morgan fingerprint density at radius 3 is 2.59 bits per heavy atom. The lowest BCUT2D eigenvalue weighted by Gasteiger charge is -2.22. The topological polar surface area (TPSA) is 42.0 Å². The molecule has 1 aliphatic rings. The zero-order valence-electron chi connectivity index (χ0n) is 17.6. The predicted octanol–water partition coefficient (Wildman–Crippen LogP) is 3.87. The van der Waals surface area contributed by atoms with Crippen LogP contribution in [0.3, 0.4) is 0 Å². The standard InChI is InChI=1S/C24H32N2O3/c1-3-29-22-13-12-21(19-23(22)28-2)24(27)26-16-8-15-25(17-18-26)14-7-11-20-9-5-4-6-10-20/h4-6,9-10,12-13,19H,3,7-8,11,14-18H2,1-2H3. The highest BCUT2D eigenvalue weighted by Crippen LogP contribution is 2.28. The molecule has 1 heterocycles. The van der Waals surface area contributed by atoms with Gasteiger partial charge in [-0.05, 0) is 63.0 Å². The van der Waals surface area contributed by atoms with Crippen LogP contribution in [0.5, 0.6) is 11.5 Å². The monoisotopic (exact) mass is 396 g/mol. The largest absolute Gasteiger partial charge is 0.493 e. The molecule has 0 radical (unpaired) electrons. The lowest BCUT2D eigenvalue weighted by Crippen LogP contribution is -2.35. The molecule has 0 aliphatic carbocycles. The quantitative estimate of drug-likeness (QED) is 0.679. The molecule has 1 aliphatic heterocycles. The third-order valence-corrected chi connectivity index (χ3v) is 5.37. The third-order valence-electron chi connectivity index (χ3n) is 5.37. The van der Waals surface area contributed by atoms with Gasteiger partial charge in [-0.15, -0.1) is 0 Å². The summed E-state index contributed by atoms with van der Waals surface area (Å²) < 4.78 is 10.9. The van der Waals surface area contributed by atoms with Crippen molar-refractivity contribution in [2.75, 3.05) is 46.4 Å². The Kier molecular flexibility index (Phi) is 7.94. The van der Waals surface area contributed by atoms with Crippen molar-refractivity contribution < 1.29 is 14.3 Å². The van der Waals surface area contributed by atoms with Crippen LogP contribution in [-0.2, 0) is 6.42 Å². The van der Waals surface area contributed by atoms with Crippen molar-refractivity contribution in [2.45, 2.75) is 26.2 Å². The second kappa shape index (κ2) is 10.9. The molecule has 1 amide bonds. The van der Waals surface area contributed by atoms with Gasteiger partial charge in [-0.3, -0.25) is 4.79 Å². The molecule has 0 atom stereocenters. The maximum absolute atomic E-state index is 13.0. The van der Waals surface area contributed by atoms with Gasteiger partial charge in [0.1, 0.15) is 0 Å². The first kappa shape index (κ1) is 21.2. The maximum Gasteiger partial charge on any atom is 0.254 e. The van der Waals surface area contributed by atoms with E-state index in [2.05, 4.69) is 35.2 Å². The van der Waals surface area contributed by atoms with E-state index in [1.54, 1.807) is 13.2 Å². The minimum atomic E-state index is 0.0671. The van der Waals surface area contributed by atoms with E-state index in [9.17, 15) is 4.79 Å². The summed E-state index contributed by atoms with van der Waals surface area (Å²) in [5.41, 5.74) is 2.05. The van der Waals surface area contributed by atoms with E-state index in [0.717, 1.165) is 52.0 Å². The lowest BCUT2D eigenvalue weighted by molar-refractivity contribution is 0.0761. The highest BCUT2D eigenvalue weighted by Gasteiger charge is 2.21. The molecule has 0 N–H and O–H groups in total. The first-order valence-corrected chi connectivity index (χ1v) is 10.6. The zero-order valence-corrected chi connectivity index (χ0v) is 17.6. The Bertz CT molecular complexity index is 779. The van der Waals surface area contributed by atoms with E-state index >= 15 is 0 Å². The van der Waals surface area contributed by atoms with E-state index in [1.807, 2.05) is 24.0 Å².